The number of aliphatic imine (C=N–C) groups is 1. The summed E-state index contributed by atoms with van der Waals surface area (Å²) in [4.78, 5) is 18.8. The van der Waals surface area contributed by atoms with E-state index in [-0.39, 0.29) is 5.91 Å². The van der Waals surface area contributed by atoms with Crippen molar-refractivity contribution in [2.45, 2.75) is 53.0 Å². The second-order valence-corrected chi connectivity index (χ2v) is 8.58. The molecule has 6 nitrogen and oxygen atoms in total. The van der Waals surface area contributed by atoms with Crippen LogP contribution in [0, 0.1) is 11.8 Å². The number of anilines is 1. The maximum absolute atomic E-state index is 12.0. The van der Waals surface area contributed by atoms with Crippen molar-refractivity contribution in [1.82, 2.24) is 15.5 Å². The third-order valence-corrected chi connectivity index (χ3v) is 5.31. The first-order valence-corrected chi connectivity index (χ1v) is 11.0. The third-order valence-electron chi connectivity index (χ3n) is 5.31. The maximum atomic E-state index is 12.0. The number of hydrogen-bond donors (Lipinski definition) is 3. The van der Waals surface area contributed by atoms with Crippen molar-refractivity contribution in [2.24, 2.45) is 16.8 Å². The number of carbonyl (C=O) groups excluding carboxylic acids is 1. The molecule has 0 radical (unpaired) electrons. The zero-order valence-corrected chi connectivity index (χ0v) is 18.6. The highest BCUT2D eigenvalue weighted by molar-refractivity contribution is 5.90. The Labute approximate surface area is 176 Å². The van der Waals surface area contributed by atoms with Crippen LogP contribution in [0.2, 0.25) is 0 Å². The van der Waals surface area contributed by atoms with Gasteiger partial charge in [0.2, 0.25) is 5.91 Å². The number of hydrogen-bond acceptors (Lipinski definition) is 3. The van der Waals surface area contributed by atoms with Crippen LogP contribution >= 0.6 is 0 Å². The number of rotatable bonds is 9. The first-order chi connectivity index (χ1) is 14.0. The monoisotopic (exact) mass is 401 g/mol. The molecule has 2 rings (SSSR count). The highest BCUT2D eigenvalue weighted by Crippen LogP contribution is 2.15. The SMILES string of the molecule is CN=C(NCCCN1CCC(C)CC1)NCc1cccc(NC(=O)CC(C)C)c1. The predicted molar refractivity (Wildman–Crippen MR) is 122 cm³/mol. The first-order valence-electron chi connectivity index (χ1n) is 11.0. The fraction of sp³-hybridized carbons (Fsp3) is 0.652. The quantitative estimate of drug-likeness (QED) is 0.337. The lowest BCUT2D eigenvalue weighted by atomic mass is 9.99. The Hall–Kier alpha value is -2.08. The molecule has 1 aromatic carbocycles. The summed E-state index contributed by atoms with van der Waals surface area (Å²) < 4.78 is 0. The molecule has 0 unspecified atom stereocenters. The van der Waals surface area contributed by atoms with Crippen molar-refractivity contribution in [3.63, 3.8) is 0 Å². The minimum absolute atomic E-state index is 0.0609. The van der Waals surface area contributed by atoms with E-state index >= 15 is 0 Å². The van der Waals surface area contributed by atoms with Gasteiger partial charge in [-0.25, -0.2) is 0 Å². The molecule has 1 heterocycles. The van der Waals surface area contributed by atoms with Crippen molar-refractivity contribution in [2.75, 3.05) is 38.5 Å². The van der Waals surface area contributed by atoms with E-state index in [4.69, 9.17) is 0 Å². The van der Waals surface area contributed by atoms with E-state index in [0.717, 1.165) is 42.6 Å². The molecule has 0 spiro atoms. The Kier molecular flexibility index (Phi) is 9.98. The van der Waals surface area contributed by atoms with Crippen LogP contribution in [0.3, 0.4) is 0 Å². The Balaban J connectivity index is 1.69. The molecule has 1 fully saturated rings. The Morgan fingerprint density at radius 3 is 2.69 bits per heavy atom. The zero-order valence-electron chi connectivity index (χ0n) is 18.6. The number of benzene rings is 1. The Morgan fingerprint density at radius 2 is 2.00 bits per heavy atom. The third kappa shape index (κ3) is 9.31. The van der Waals surface area contributed by atoms with Gasteiger partial charge in [0.05, 0.1) is 0 Å². The molecule has 162 valence electrons. The van der Waals surface area contributed by atoms with E-state index in [1.807, 2.05) is 32.0 Å². The standard InChI is InChI=1S/C23H39N5O/c1-18(2)15-22(29)27-21-8-5-7-20(16-21)17-26-23(24-4)25-11-6-12-28-13-9-19(3)10-14-28/h5,7-8,16,18-19H,6,9-15,17H2,1-4H3,(H,27,29)(H2,24,25,26). The Bertz CT molecular complexity index is 650. The molecule has 1 aliphatic rings. The maximum Gasteiger partial charge on any atom is 0.224 e. The van der Waals surface area contributed by atoms with E-state index in [9.17, 15) is 4.79 Å². The van der Waals surface area contributed by atoms with Gasteiger partial charge in [-0.2, -0.15) is 0 Å². The number of carbonyl (C=O) groups is 1. The number of amides is 1. The summed E-state index contributed by atoms with van der Waals surface area (Å²) in [6, 6.07) is 7.96. The normalized spacial score (nSPS) is 16.1. The van der Waals surface area contributed by atoms with Gasteiger partial charge in [-0.1, -0.05) is 32.9 Å². The molecule has 0 aliphatic carbocycles. The molecule has 1 saturated heterocycles. The van der Waals surface area contributed by atoms with Crippen LogP contribution in [-0.4, -0.2) is 50.0 Å². The molecule has 1 amide bonds. The minimum Gasteiger partial charge on any atom is -0.356 e. The molecule has 0 saturated carbocycles. The van der Waals surface area contributed by atoms with Gasteiger partial charge in [0, 0.05) is 32.2 Å². The zero-order chi connectivity index (χ0) is 21.1. The molecular formula is C23H39N5O. The van der Waals surface area contributed by atoms with Gasteiger partial charge in [-0.3, -0.25) is 9.79 Å². The Morgan fingerprint density at radius 1 is 1.24 bits per heavy atom. The largest absolute Gasteiger partial charge is 0.356 e. The second kappa shape index (κ2) is 12.5. The van der Waals surface area contributed by atoms with Crippen LogP contribution in [0.4, 0.5) is 5.69 Å². The molecule has 1 aliphatic heterocycles. The summed E-state index contributed by atoms with van der Waals surface area (Å²) >= 11 is 0. The van der Waals surface area contributed by atoms with Crippen molar-refractivity contribution in [3.8, 4) is 0 Å². The van der Waals surface area contributed by atoms with Crippen molar-refractivity contribution >= 4 is 17.6 Å². The first kappa shape index (κ1) is 23.2. The topological polar surface area (TPSA) is 68.8 Å². The second-order valence-electron chi connectivity index (χ2n) is 8.58. The fourth-order valence-electron chi connectivity index (χ4n) is 3.54. The fourth-order valence-corrected chi connectivity index (χ4v) is 3.54. The smallest absolute Gasteiger partial charge is 0.224 e. The number of nitrogens with one attached hydrogen (secondary N) is 3. The molecule has 3 N–H and O–H groups in total. The van der Waals surface area contributed by atoms with Crippen LogP contribution in [-0.2, 0) is 11.3 Å². The van der Waals surface area contributed by atoms with Gasteiger partial charge >= 0.3 is 0 Å². The summed E-state index contributed by atoms with van der Waals surface area (Å²) in [6.45, 7) is 11.6. The van der Waals surface area contributed by atoms with Crippen LogP contribution in [0.15, 0.2) is 29.3 Å². The summed E-state index contributed by atoms with van der Waals surface area (Å²) in [6.07, 6.45) is 4.31. The lowest BCUT2D eigenvalue weighted by Crippen LogP contribution is -2.39. The molecule has 1 aromatic rings. The van der Waals surface area contributed by atoms with Crippen LogP contribution in [0.5, 0.6) is 0 Å². The van der Waals surface area contributed by atoms with Gasteiger partial charge in [0.25, 0.3) is 0 Å². The van der Waals surface area contributed by atoms with Gasteiger partial charge in [0.1, 0.15) is 0 Å². The van der Waals surface area contributed by atoms with Crippen molar-refractivity contribution in [3.05, 3.63) is 29.8 Å². The number of guanidine groups is 1. The summed E-state index contributed by atoms with van der Waals surface area (Å²) in [7, 11) is 1.80. The van der Waals surface area contributed by atoms with Crippen LogP contribution in [0.25, 0.3) is 0 Å². The molecule has 0 atom stereocenters. The van der Waals surface area contributed by atoms with Crippen molar-refractivity contribution in [1.29, 1.82) is 0 Å². The highest BCUT2D eigenvalue weighted by Gasteiger charge is 2.14. The minimum atomic E-state index is 0.0609. The van der Waals surface area contributed by atoms with E-state index in [2.05, 4.69) is 38.8 Å². The highest BCUT2D eigenvalue weighted by atomic mass is 16.1. The van der Waals surface area contributed by atoms with E-state index in [0.29, 0.717) is 18.9 Å². The van der Waals surface area contributed by atoms with E-state index in [1.54, 1.807) is 7.05 Å². The van der Waals surface area contributed by atoms with Gasteiger partial charge < -0.3 is 20.9 Å². The average molecular weight is 402 g/mol. The van der Waals surface area contributed by atoms with E-state index < -0.39 is 0 Å². The van der Waals surface area contributed by atoms with Crippen LogP contribution in [0.1, 0.15) is 52.0 Å². The molecular weight excluding hydrogens is 362 g/mol. The predicted octanol–water partition coefficient (Wildman–Crippen LogP) is 3.46. The molecule has 0 bridgehead atoms. The van der Waals surface area contributed by atoms with Crippen molar-refractivity contribution < 1.29 is 4.79 Å². The number of nitrogens with zero attached hydrogens (tertiary/aromatic N) is 2. The lowest BCUT2D eigenvalue weighted by Gasteiger charge is -2.30. The number of likely N-dealkylation sites (tertiary alicyclic amines) is 1. The summed E-state index contributed by atoms with van der Waals surface area (Å²) in [5.74, 6) is 2.11. The average Bonchev–Trinajstić information content (AvgIpc) is 2.68. The summed E-state index contributed by atoms with van der Waals surface area (Å²) in [5, 5.41) is 9.73. The van der Waals surface area contributed by atoms with Gasteiger partial charge in [0.15, 0.2) is 5.96 Å². The molecule has 0 aromatic heterocycles. The molecule has 6 heteroatoms. The van der Waals surface area contributed by atoms with Gasteiger partial charge in [-0.05, 0) is 68.4 Å². The van der Waals surface area contributed by atoms with E-state index in [1.165, 1.54) is 25.9 Å². The van der Waals surface area contributed by atoms with Gasteiger partial charge in [-0.15, -0.1) is 0 Å². The molecule has 29 heavy (non-hydrogen) atoms. The lowest BCUT2D eigenvalue weighted by molar-refractivity contribution is -0.116. The number of piperidine rings is 1. The summed E-state index contributed by atoms with van der Waals surface area (Å²) in [5.41, 5.74) is 1.95. The van der Waals surface area contributed by atoms with Crippen LogP contribution < -0.4 is 16.0 Å².